The molecule has 0 fully saturated rings. The van der Waals surface area contributed by atoms with E-state index >= 15 is 0 Å². The summed E-state index contributed by atoms with van der Waals surface area (Å²) in [4.78, 5) is 19.5. The van der Waals surface area contributed by atoms with Gasteiger partial charge in [0.05, 0.1) is 0 Å². The van der Waals surface area contributed by atoms with Crippen LogP contribution in [0.5, 0.6) is 0 Å². The number of fused-ring (bicyclic) bond motifs is 1. The summed E-state index contributed by atoms with van der Waals surface area (Å²) in [6, 6.07) is -0.502. The van der Waals surface area contributed by atoms with Gasteiger partial charge in [0.25, 0.3) is 0 Å². The Morgan fingerprint density at radius 3 is 2.83 bits per heavy atom. The summed E-state index contributed by atoms with van der Waals surface area (Å²) >= 11 is 0. The molecule has 1 aromatic heterocycles. The van der Waals surface area contributed by atoms with E-state index < -0.39 is 6.03 Å². The van der Waals surface area contributed by atoms with E-state index in [1.54, 1.807) is 0 Å². The Balaban J connectivity index is 2.02. The smallest absolute Gasteiger partial charge is 0.312 e. The van der Waals surface area contributed by atoms with Crippen molar-refractivity contribution >= 4 is 11.8 Å². The molecule has 1 aliphatic rings. The van der Waals surface area contributed by atoms with Crippen molar-refractivity contribution in [2.24, 2.45) is 5.73 Å². The van der Waals surface area contributed by atoms with Crippen molar-refractivity contribution in [2.45, 2.75) is 32.6 Å². The van der Waals surface area contributed by atoms with Gasteiger partial charge in [-0.1, -0.05) is 0 Å². The first-order valence-electron chi connectivity index (χ1n) is 6.30. The first kappa shape index (κ1) is 12.6. The standard InChI is InChI=1S/C12H19N5O/c1-8-16-10-5-3-2-4-9(10)11(17-8)14-6-7-15-12(13)18/h2-7H2,1H3,(H3,13,15,18)(H,14,16,17). The fraction of sp³-hybridized carbons (Fsp3) is 0.583. The Hall–Kier alpha value is -1.85. The van der Waals surface area contributed by atoms with Gasteiger partial charge >= 0.3 is 6.03 Å². The third-order valence-corrected chi connectivity index (χ3v) is 3.01. The van der Waals surface area contributed by atoms with Gasteiger partial charge < -0.3 is 16.4 Å². The lowest BCUT2D eigenvalue weighted by Gasteiger charge is -2.19. The van der Waals surface area contributed by atoms with E-state index in [2.05, 4.69) is 20.6 Å². The molecule has 2 rings (SSSR count). The van der Waals surface area contributed by atoms with Crippen molar-refractivity contribution < 1.29 is 4.79 Å². The van der Waals surface area contributed by atoms with E-state index in [1.165, 1.54) is 24.1 Å². The van der Waals surface area contributed by atoms with Gasteiger partial charge in [-0.15, -0.1) is 0 Å². The molecule has 0 unspecified atom stereocenters. The summed E-state index contributed by atoms with van der Waals surface area (Å²) in [7, 11) is 0. The Kier molecular flexibility index (Phi) is 3.96. The number of aromatic nitrogens is 2. The molecule has 1 heterocycles. The Bertz CT molecular complexity index is 446. The average Bonchev–Trinajstić information content (AvgIpc) is 2.34. The Morgan fingerprint density at radius 1 is 1.28 bits per heavy atom. The van der Waals surface area contributed by atoms with Crippen LogP contribution in [-0.2, 0) is 12.8 Å². The number of primary amides is 1. The topological polar surface area (TPSA) is 92.9 Å². The number of hydrogen-bond acceptors (Lipinski definition) is 4. The lowest BCUT2D eigenvalue weighted by molar-refractivity contribution is 0.249. The van der Waals surface area contributed by atoms with Gasteiger partial charge in [0.2, 0.25) is 0 Å². The van der Waals surface area contributed by atoms with Crippen LogP contribution in [0.1, 0.15) is 29.9 Å². The van der Waals surface area contributed by atoms with Crippen LogP contribution in [0.2, 0.25) is 0 Å². The van der Waals surface area contributed by atoms with Crippen molar-refractivity contribution in [1.29, 1.82) is 0 Å². The van der Waals surface area contributed by atoms with Crippen LogP contribution >= 0.6 is 0 Å². The van der Waals surface area contributed by atoms with Crippen molar-refractivity contribution in [1.82, 2.24) is 15.3 Å². The largest absolute Gasteiger partial charge is 0.368 e. The molecular weight excluding hydrogens is 230 g/mol. The van der Waals surface area contributed by atoms with Crippen LogP contribution in [0.15, 0.2) is 0 Å². The van der Waals surface area contributed by atoms with Gasteiger partial charge in [0.15, 0.2) is 0 Å². The number of hydrogen-bond donors (Lipinski definition) is 3. The maximum atomic E-state index is 10.6. The van der Waals surface area contributed by atoms with Gasteiger partial charge in [0.1, 0.15) is 11.6 Å². The molecule has 0 aliphatic heterocycles. The lowest BCUT2D eigenvalue weighted by Crippen LogP contribution is -2.33. The molecule has 6 heteroatoms. The second kappa shape index (κ2) is 5.66. The highest BCUT2D eigenvalue weighted by Crippen LogP contribution is 2.25. The van der Waals surface area contributed by atoms with E-state index in [-0.39, 0.29) is 0 Å². The third kappa shape index (κ3) is 3.09. The molecular formula is C12H19N5O. The Morgan fingerprint density at radius 2 is 2.06 bits per heavy atom. The zero-order valence-corrected chi connectivity index (χ0v) is 10.6. The van der Waals surface area contributed by atoms with Crippen molar-refractivity contribution in [3.63, 3.8) is 0 Å². The van der Waals surface area contributed by atoms with Crippen LogP contribution in [0.3, 0.4) is 0 Å². The molecule has 0 bridgehead atoms. The number of amides is 2. The van der Waals surface area contributed by atoms with Crippen LogP contribution < -0.4 is 16.4 Å². The predicted octanol–water partition coefficient (Wildman–Crippen LogP) is 0.744. The molecule has 4 N–H and O–H groups in total. The van der Waals surface area contributed by atoms with Crippen molar-refractivity contribution in [3.05, 3.63) is 17.1 Å². The van der Waals surface area contributed by atoms with E-state index in [1.807, 2.05) is 6.92 Å². The predicted molar refractivity (Wildman–Crippen MR) is 69.5 cm³/mol. The first-order valence-corrected chi connectivity index (χ1v) is 6.30. The molecule has 0 radical (unpaired) electrons. The number of nitrogens with zero attached hydrogens (tertiary/aromatic N) is 2. The van der Waals surface area contributed by atoms with E-state index in [0.29, 0.717) is 13.1 Å². The summed E-state index contributed by atoms with van der Waals surface area (Å²) in [5.74, 6) is 1.70. The summed E-state index contributed by atoms with van der Waals surface area (Å²) in [6.07, 6.45) is 4.45. The maximum absolute atomic E-state index is 10.6. The fourth-order valence-electron chi connectivity index (χ4n) is 2.23. The second-order valence-corrected chi connectivity index (χ2v) is 4.47. The fourth-order valence-corrected chi connectivity index (χ4v) is 2.23. The molecule has 0 aromatic carbocycles. The van der Waals surface area contributed by atoms with Gasteiger partial charge in [-0.2, -0.15) is 0 Å². The number of aryl methyl sites for hydroxylation is 2. The molecule has 2 amide bonds. The van der Waals surface area contributed by atoms with Gasteiger partial charge in [-0.3, -0.25) is 0 Å². The molecule has 0 spiro atoms. The summed E-state index contributed by atoms with van der Waals surface area (Å²) < 4.78 is 0. The number of anilines is 1. The first-order chi connectivity index (χ1) is 8.66. The summed E-state index contributed by atoms with van der Waals surface area (Å²) in [5, 5.41) is 5.79. The zero-order valence-electron chi connectivity index (χ0n) is 10.6. The summed E-state index contributed by atoms with van der Waals surface area (Å²) in [6.45, 7) is 3.01. The molecule has 0 atom stereocenters. The maximum Gasteiger partial charge on any atom is 0.312 e. The number of urea groups is 1. The number of carbonyl (C=O) groups is 1. The zero-order chi connectivity index (χ0) is 13.0. The highest BCUT2D eigenvalue weighted by Gasteiger charge is 2.16. The normalized spacial score (nSPS) is 13.8. The third-order valence-electron chi connectivity index (χ3n) is 3.01. The quantitative estimate of drug-likeness (QED) is 0.686. The Labute approximate surface area is 106 Å². The van der Waals surface area contributed by atoms with Gasteiger partial charge in [-0.25, -0.2) is 14.8 Å². The van der Waals surface area contributed by atoms with E-state index in [9.17, 15) is 4.79 Å². The number of rotatable bonds is 4. The monoisotopic (exact) mass is 249 g/mol. The molecule has 98 valence electrons. The summed E-state index contributed by atoms with van der Waals surface area (Å²) in [5.41, 5.74) is 7.40. The molecule has 0 saturated carbocycles. The molecule has 18 heavy (non-hydrogen) atoms. The van der Waals surface area contributed by atoms with Crippen LogP contribution in [-0.4, -0.2) is 29.1 Å². The molecule has 6 nitrogen and oxygen atoms in total. The molecule has 1 aliphatic carbocycles. The average molecular weight is 249 g/mol. The number of carbonyl (C=O) groups excluding carboxylic acids is 1. The van der Waals surface area contributed by atoms with E-state index in [4.69, 9.17) is 5.73 Å². The molecule has 0 saturated heterocycles. The van der Waals surface area contributed by atoms with Crippen molar-refractivity contribution in [3.8, 4) is 0 Å². The minimum atomic E-state index is -0.502. The van der Waals surface area contributed by atoms with Gasteiger partial charge in [-0.05, 0) is 32.6 Å². The van der Waals surface area contributed by atoms with E-state index in [0.717, 1.165) is 24.5 Å². The number of nitrogens with two attached hydrogens (primary N) is 1. The van der Waals surface area contributed by atoms with Crippen molar-refractivity contribution in [2.75, 3.05) is 18.4 Å². The lowest BCUT2D eigenvalue weighted by atomic mass is 9.96. The highest BCUT2D eigenvalue weighted by molar-refractivity contribution is 5.71. The molecule has 1 aromatic rings. The second-order valence-electron chi connectivity index (χ2n) is 4.47. The van der Waals surface area contributed by atoms with Gasteiger partial charge in [0, 0.05) is 24.3 Å². The van der Waals surface area contributed by atoms with Crippen LogP contribution in [0.4, 0.5) is 10.6 Å². The van der Waals surface area contributed by atoms with Crippen LogP contribution in [0, 0.1) is 6.92 Å². The minimum absolute atomic E-state index is 0.493. The number of nitrogens with one attached hydrogen (secondary N) is 2. The highest BCUT2D eigenvalue weighted by atomic mass is 16.2. The SMILES string of the molecule is Cc1nc2c(c(NCCNC(N)=O)n1)CCCC2. The van der Waals surface area contributed by atoms with Crippen LogP contribution in [0.25, 0.3) is 0 Å². The minimum Gasteiger partial charge on any atom is -0.368 e.